The van der Waals surface area contributed by atoms with Crippen LogP contribution in [0.25, 0.3) is 5.70 Å². The van der Waals surface area contributed by atoms with Crippen LogP contribution >= 0.6 is 0 Å². The molecule has 7 heteroatoms. The van der Waals surface area contributed by atoms with Crippen LogP contribution in [0.15, 0.2) is 73.3 Å². The number of ether oxygens (including phenoxy) is 1. The maximum atomic E-state index is 15.0. The van der Waals surface area contributed by atoms with Gasteiger partial charge in [-0.25, -0.2) is 4.39 Å². The highest BCUT2D eigenvalue weighted by atomic mass is 19.1. The number of nitriles is 2. The summed E-state index contributed by atoms with van der Waals surface area (Å²) in [6.07, 6.45) is 3.55. The zero-order chi connectivity index (χ0) is 27.9. The predicted molar refractivity (Wildman–Crippen MR) is 155 cm³/mol. The fourth-order valence-corrected chi connectivity index (χ4v) is 5.45. The molecule has 0 saturated carbocycles. The summed E-state index contributed by atoms with van der Waals surface area (Å²) in [6.45, 7) is 8.63. The number of halogens is 1. The quantitative estimate of drug-likeness (QED) is 0.391. The zero-order valence-corrected chi connectivity index (χ0v) is 22.7. The lowest BCUT2D eigenvalue weighted by molar-refractivity contribution is 0.164. The highest BCUT2D eigenvalue weighted by Crippen LogP contribution is 2.27. The Labute approximate surface area is 235 Å². The number of likely N-dealkylation sites (tertiary alicyclic amines) is 1. The van der Waals surface area contributed by atoms with Crippen molar-refractivity contribution in [1.29, 1.82) is 10.5 Å². The monoisotopic (exact) mass is 535 g/mol. The number of hydrogen-bond acceptors (Lipinski definition) is 6. The van der Waals surface area contributed by atoms with E-state index in [1.165, 1.54) is 11.6 Å². The van der Waals surface area contributed by atoms with Crippen molar-refractivity contribution in [2.75, 3.05) is 31.1 Å². The first kappa shape index (κ1) is 27.2. The summed E-state index contributed by atoms with van der Waals surface area (Å²) in [6, 6.07) is 25.1. The minimum atomic E-state index is -0.368. The summed E-state index contributed by atoms with van der Waals surface area (Å²) < 4.78 is 21.1. The molecular weight excluding hydrogens is 501 g/mol. The van der Waals surface area contributed by atoms with E-state index in [0.29, 0.717) is 17.2 Å². The summed E-state index contributed by atoms with van der Waals surface area (Å²) >= 11 is 0. The molecule has 0 radical (unpaired) electrons. The summed E-state index contributed by atoms with van der Waals surface area (Å²) in [4.78, 5) is 4.69. The van der Waals surface area contributed by atoms with Gasteiger partial charge in [-0.2, -0.15) is 10.5 Å². The highest BCUT2D eigenvalue weighted by Gasteiger charge is 2.23. The van der Waals surface area contributed by atoms with Crippen LogP contribution in [-0.2, 0) is 6.54 Å². The van der Waals surface area contributed by atoms with E-state index in [9.17, 15) is 0 Å². The molecule has 2 fully saturated rings. The number of nitrogens with one attached hydrogen (secondary N) is 1. The lowest BCUT2D eigenvalue weighted by Crippen LogP contribution is -2.41. The van der Waals surface area contributed by atoms with Crippen molar-refractivity contribution in [3.63, 3.8) is 0 Å². The molecule has 2 aliphatic rings. The Kier molecular flexibility index (Phi) is 8.64. The van der Waals surface area contributed by atoms with Crippen molar-refractivity contribution in [2.45, 2.75) is 44.4 Å². The maximum absolute atomic E-state index is 15.0. The molecule has 40 heavy (non-hydrogen) atoms. The van der Waals surface area contributed by atoms with Crippen LogP contribution in [0.2, 0.25) is 0 Å². The molecule has 1 N–H and O–H groups in total. The van der Waals surface area contributed by atoms with Crippen molar-refractivity contribution < 1.29 is 9.13 Å². The van der Waals surface area contributed by atoms with Crippen molar-refractivity contribution in [2.24, 2.45) is 0 Å². The third-order valence-corrected chi connectivity index (χ3v) is 7.83. The summed E-state index contributed by atoms with van der Waals surface area (Å²) in [5, 5.41) is 21.5. The lowest BCUT2D eigenvalue weighted by atomic mass is 10.0. The largest absolute Gasteiger partial charge is 0.487 e. The second kappa shape index (κ2) is 12.7. The average molecular weight is 536 g/mol. The highest BCUT2D eigenvalue weighted by molar-refractivity contribution is 5.62. The van der Waals surface area contributed by atoms with Gasteiger partial charge in [-0.3, -0.25) is 4.90 Å². The minimum absolute atomic E-state index is 0.0363. The standard InChI is InChI=1S/C33H34FN5O/c1-24(37-29-12-16-38(17-13-29)23-27-4-2-25(21-35)3-5-27)28-8-11-33(32(34)20-28)40-31-14-18-39(19-15-31)30-9-6-26(22-36)7-10-30/h2-11,20,29,31,37H,1,12-19,23H2. The molecule has 0 unspecified atom stereocenters. The molecule has 3 aromatic carbocycles. The van der Waals surface area contributed by atoms with Crippen molar-refractivity contribution >= 4 is 11.4 Å². The maximum Gasteiger partial charge on any atom is 0.165 e. The van der Waals surface area contributed by atoms with E-state index < -0.39 is 0 Å². The molecule has 0 spiro atoms. The third-order valence-electron chi connectivity index (χ3n) is 7.83. The summed E-state index contributed by atoms with van der Waals surface area (Å²) in [7, 11) is 0. The van der Waals surface area contributed by atoms with Gasteiger partial charge in [0.2, 0.25) is 0 Å². The average Bonchev–Trinajstić information content (AvgIpc) is 3.00. The van der Waals surface area contributed by atoms with Crippen LogP contribution in [0.1, 0.15) is 47.9 Å². The predicted octanol–water partition coefficient (Wildman–Crippen LogP) is 5.84. The Morgan fingerprint density at radius 1 is 0.875 bits per heavy atom. The first-order chi connectivity index (χ1) is 19.5. The number of anilines is 1. The Bertz CT molecular complexity index is 1390. The number of piperidine rings is 2. The number of rotatable bonds is 8. The number of benzene rings is 3. The van der Waals surface area contributed by atoms with E-state index in [1.54, 1.807) is 6.07 Å². The normalized spacial score (nSPS) is 16.6. The second-order valence-electron chi connectivity index (χ2n) is 10.6. The first-order valence-corrected chi connectivity index (χ1v) is 13.9. The van der Waals surface area contributed by atoms with E-state index in [0.717, 1.165) is 75.4 Å². The van der Waals surface area contributed by atoms with Crippen molar-refractivity contribution in [3.8, 4) is 17.9 Å². The zero-order valence-electron chi connectivity index (χ0n) is 22.7. The van der Waals surface area contributed by atoms with Crippen LogP contribution in [0.4, 0.5) is 10.1 Å². The van der Waals surface area contributed by atoms with Gasteiger partial charge in [0.05, 0.1) is 23.3 Å². The van der Waals surface area contributed by atoms with Crippen LogP contribution in [0.3, 0.4) is 0 Å². The van der Waals surface area contributed by atoms with Crippen LogP contribution < -0.4 is 15.0 Å². The van der Waals surface area contributed by atoms with E-state index in [2.05, 4.69) is 33.8 Å². The van der Waals surface area contributed by atoms with Crippen molar-refractivity contribution in [1.82, 2.24) is 10.2 Å². The topological polar surface area (TPSA) is 75.3 Å². The Balaban J connectivity index is 1.07. The summed E-state index contributed by atoms with van der Waals surface area (Å²) in [5.41, 5.74) is 5.11. The minimum Gasteiger partial charge on any atom is -0.487 e. The molecule has 2 saturated heterocycles. The van der Waals surface area contributed by atoms with Gasteiger partial charge >= 0.3 is 0 Å². The van der Waals surface area contributed by atoms with Crippen LogP contribution in [0, 0.1) is 28.5 Å². The van der Waals surface area contributed by atoms with Gasteiger partial charge < -0.3 is 15.0 Å². The van der Waals surface area contributed by atoms with E-state index >= 15 is 4.39 Å². The van der Waals surface area contributed by atoms with Gasteiger partial charge in [0.15, 0.2) is 11.6 Å². The molecule has 0 bridgehead atoms. The van der Waals surface area contributed by atoms with Crippen molar-refractivity contribution in [3.05, 3.63) is 101 Å². The third kappa shape index (κ3) is 6.81. The van der Waals surface area contributed by atoms with Gasteiger partial charge in [0, 0.05) is 68.6 Å². The van der Waals surface area contributed by atoms with Gasteiger partial charge in [0.1, 0.15) is 6.10 Å². The van der Waals surface area contributed by atoms with Crippen LogP contribution in [-0.4, -0.2) is 43.2 Å². The molecular formula is C33H34FN5O. The molecule has 0 aliphatic carbocycles. The molecule has 0 aromatic heterocycles. The van der Waals surface area contributed by atoms with E-state index in [-0.39, 0.29) is 17.7 Å². The Morgan fingerprint density at radius 2 is 1.50 bits per heavy atom. The SMILES string of the molecule is C=C(NC1CCN(Cc2ccc(C#N)cc2)CC1)c1ccc(OC2CCN(c3ccc(C#N)cc3)CC2)c(F)c1. The van der Waals surface area contributed by atoms with Gasteiger partial charge in [0.25, 0.3) is 0 Å². The molecule has 0 atom stereocenters. The van der Waals surface area contributed by atoms with E-state index in [4.69, 9.17) is 15.3 Å². The van der Waals surface area contributed by atoms with E-state index in [1.807, 2.05) is 54.6 Å². The number of nitrogens with zero attached hydrogens (tertiary/aromatic N) is 4. The molecule has 0 amide bonds. The molecule has 204 valence electrons. The van der Waals surface area contributed by atoms with Gasteiger partial charge in [-0.15, -0.1) is 0 Å². The lowest BCUT2D eigenvalue weighted by Gasteiger charge is -2.34. The molecule has 2 aliphatic heterocycles. The van der Waals surface area contributed by atoms with Gasteiger partial charge in [-0.05, 0) is 73.0 Å². The molecule has 5 rings (SSSR count). The molecule has 2 heterocycles. The summed E-state index contributed by atoms with van der Waals surface area (Å²) in [5.74, 6) is -0.0864. The second-order valence-corrected chi connectivity index (χ2v) is 10.6. The Hall–Kier alpha value is -4.33. The first-order valence-electron chi connectivity index (χ1n) is 13.9. The number of hydrogen-bond donors (Lipinski definition) is 1. The smallest absolute Gasteiger partial charge is 0.165 e. The fourth-order valence-electron chi connectivity index (χ4n) is 5.45. The van der Waals surface area contributed by atoms with Gasteiger partial charge in [-0.1, -0.05) is 18.7 Å². The molecule has 6 nitrogen and oxygen atoms in total. The Morgan fingerprint density at radius 3 is 2.10 bits per heavy atom. The molecule has 3 aromatic rings. The fraction of sp³-hybridized carbons (Fsp3) is 0.333. The van der Waals surface area contributed by atoms with Crippen LogP contribution in [0.5, 0.6) is 5.75 Å².